The summed E-state index contributed by atoms with van der Waals surface area (Å²) in [6.45, 7) is 1.23. The highest BCUT2D eigenvalue weighted by Crippen LogP contribution is 2.33. The number of alkyl halides is 3. The molecule has 0 bridgehead atoms. The summed E-state index contributed by atoms with van der Waals surface area (Å²) in [6, 6.07) is 1.37. The number of nitrogens with zero attached hydrogens (tertiary/aromatic N) is 3. The van der Waals surface area contributed by atoms with Crippen LogP contribution in [0.15, 0.2) is 29.0 Å². The van der Waals surface area contributed by atoms with Crippen molar-refractivity contribution in [2.45, 2.75) is 25.2 Å². The average molecular weight is 454 g/mol. The van der Waals surface area contributed by atoms with Gasteiger partial charge in [-0.1, -0.05) is 11.6 Å². The standard InChI is InChI=1S/C16H14BrClF4N4/c17-11-6-24-15(25-7-11)26-2-1-12(8-26)23-5-9-3-10(16(20,21)22)4-13(18)14(9)19/h3-4,6-7,12,23H,1-2,5,8H2. The maximum Gasteiger partial charge on any atom is 0.416 e. The number of halogens is 6. The molecule has 1 aromatic heterocycles. The molecule has 1 aliphatic heterocycles. The van der Waals surface area contributed by atoms with Crippen LogP contribution in [0.4, 0.5) is 23.5 Å². The van der Waals surface area contributed by atoms with Crippen LogP contribution in [-0.4, -0.2) is 29.1 Å². The van der Waals surface area contributed by atoms with E-state index in [4.69, 9.17) is 11.6 Å². The number of hydrogen-bond acceptors (Lipinski definition) is 4. The van der Waals surface area contributed by atoms with Crippen LogP contribution in [-0.2, 0) is 12.7 Å². The molecule has 26 heavy (non-hydrogen) atoms. The lowest BCUT2D eigenvalue weighted by molar-refractivity contribution is -0.137. The van der Waals surface area contributed by atoms with Crippen LogP contribution in [0.25, 0.3) is 0 Å². The minimum Gasteiger partial charge on any atom is -0.339 e. The van der Waals surface area contributed by atoms with Crippen LogP contribution in [0.2, 0.25) is 5.02 Å². The summed E-state index contributed by atoms with van der Waals surface area (Å²) in [5.74, 6) is -0.260. The molecule has 1 fully saturated rings. The lowest BCUT2D eigenvalue weighted by atomic mass is 10.1. The summed E-state index contributed by atoms with van der Waals surface area (Å²) in [5, 5.41) is 2.55. The van der Waals surface area contributed by atoms with Crippen molar-refractivity contribution in [1.82, 2.24) is 15.3 Å². The van der Waals surface area contributed by atoms with Gasteiger partial charge in [-0.2, -0.15) is 13.2 Å². The molecule has 0 aliphatic carbocycles. The topological polar surface area (TPSA) is 41.0 Å². The molecule has 140 valence electrons. The van der Waals surface area contributed by atoms with Gasteiger partial charge in [0, 0.05) is 43.6 Å². The zero-order valence-electron chi connectivity index (χ0n) is 13.3. The molecule has 2 heterocycles. The molecule has 10 heteroatoms. The van der Waals surface area contributed by atoms with Gasteiger partial charge < -0.3 is 10.2 Å². The van der Waals surface area contributed by atoms with Gasteiger partial charge in [0.25, 0.3) is 0 Å². The molecule has 3 rings (SSSR count). The van der Waals surface area contributed by atoms with Gasteiger partial charge in [0.2, 0.25) is 5.95 Å². The molecule has 0 saturated carbocycles. The van der Waals surface area contributed by atoms with E-state index in [-0.39, 0.29) is 18.2 Å². The van der Waals surface area contributed by atoms with Crippen LogP contribution in [0, 0.1) is 5.82 Å². The van der Waals surface area contributed by atoms with E-state index in [0.29, 0.717) is 25.1 Å². The van der Waals surface area contributed by atoms with E-state index in [9.17, 15) is 17.6 Å². The van der Waals surface area contributed by atoms with E-state index in [1.165, 1.54) is 0 Å². The fraction of sp³-hybridized carbons (Fsp3) is 0.375. The molecule has 1 aliphatic rings. The van der Waals surface area contributed by atoms with E-state index in [1.807, 2.05) is 4.90 Å². The number of nitrogens with one attached hydrogen (secondary N) is 1. The fourth-order valence-corrected chi connectivity index (χ4v) is 3.21. The van der Waals surface area contributed by atoms with Crippen molar-refractivity contribution in [1.29, 1.82) is 0 Å². The largest absolute Gasteiger partial charge is 0.416 e. The first-order valence-corrected chi connectivity index (χ1v) is 8.92. The number of benzene rings is 1. The molecule has 4 nitrogen and oxygen atoms in total. The lowest BCUT2D eigenvalue weighted by Gasteiger charge is -2.17. The minimum atomic E-state index is -4.57. The molecule has 1 aromatic carbocycles. The Kier molecular flexibility index (Phi) is 5.69. The Labute approximate surface area is 160 Å². The van der Waals surface area contributed by atoms with Gasteiger partial charge in [-0.25, -0.2) is 14.4 Å². The number of anilines is 1. The second-order valence-corrected chi connectivity index (χ2v) is 7.27. The van der Waals surface area contributed by atoms with E-state index < -0.39 is 22.6 Å². The quantitative estimate of drug-likeness (QED) is 0.696. The predicted octanol–water partition coefficient (Wildman–Crippen LogP) is 4.42. The average Bonchev–Trinajstić information content (AvgIpc) is 3.04. The maximum absolute atomic E-state index is 14.0. The molecule has 1 unspecified atom stereocenters. The fourth-order valence-electron chi connectivity index (χ4n) is 2.77. The number of rotatable bonds is 4. The maximum atomic E-state index is 14.0. The van der Waals surface area contributed by atoms with Crippen molar-refractivity contribution in [3.8, 4) is 0 Å². The SMILES string of the molecule is Fc1c(Cl)cc(C(F)(F)F)cc1CNC1CCN(c2ncc(Br)cn2)C1. The summed E-state index contributed by atoms with van der Waals surface area (Å²) in [7, 11) is 0. The highest BCUT2D eigenvalue weighted by atomic mass is 79.9. The Hall–Kier alpha value is -1.45. The third-order valence-corrected chi connectivity index (χ3v) is 4.77. The summed E-state index contributed by atoms with van der Waals surface area (Å²) in [6.07, 6.45) is -0.547. The van der Waals surface area contributed by atoms with Crippen molar-refractivity contribution in [2.75, 3.05) is 18.0 Å². The smallest absolute Gasteiger partial charge is 0.339 e. The van der Waals surface area contributed by atoms with Crippen LogP contribution < -0.4 is 10.2 Å². The monoisotopic (exact) mass is 452 g/mol. The first kappa shape index (κ1) is 19.3. The molecule has 1 N–H and O–H groups in total. The Morgan fingerprint density at radius 3 is 2.62 bits per heavy atom. The zero-order valence-corrected chi connectivity index (χ0v) is 15.7. The van der Waals surface area contributed by atoms with Crippen molar-refractivity contribution in [2.24, 2.45) is 0 Å². The van der Waals surface area contributed by atoms with Gasteiger partial charge in [0.05, 0.1) is 15.1 Å². The normalized spacial score (nSPS) is 17.8. The van der Waals surface area contributed by atoms with Gasteiger partial charge in [-0.3, -0.25) is 0 Å². The molecular formula is C16H14BrClF4N4. The predicted molar refractivity (Wildman–Crippen MR) is 93.6 cm³/mol. The van der Waals surface area contributed by atoms with E-state index in [1.54, 1.807) is 12.4 Å². The van der Waals surface area contributed by atoms with Crippen molar-refractivity contribution in [3.63, 3.8) is 0 Å². The highest BCUT2D eigenvalue weighted by Gasteiger charge is 2.32. The van der Waals surface area contributed by atoms with Gasteiger partial charge in [-0.05, 0) is 34.5 Å². The lowest BCUT2D eigenvalue weighted by Crippen LogP contribution is -2.33. The molecule has 0 spiro atoms. The van der Waals surface area contributed by atoms with E-state index >= 15 is 0 Å². The second-order valence-electron chi connectivity index (χ2n) is 5.94. The van der Waals surface area contributed by atoms with Crippen LogP contribution in [0.1, 0.15) is 17.5 Å². The first-order chi connectivity index (χ1) is 12.2. The van der Waals surface area contributed by atoms with Crippen molar-refractivity contribution < 1.29 is 17.6 Å². The molecular weight excluding hydrogens is 440 g/mol. The molecule has 1 saturated heterocycles. The Morgan fingerprint density at radius 1 is 1.27 bits per heavy atom. The highest BCUT2D eigenvalue weighted by molar-refractivity contribution is 9.10. The van der Waals surface area contributed by atoms with Crippen molar-refractivity contribution in [3.05, 3.63) is 51.0 Å². The molecule has 2 aromatic rings. The Bertz CT molecular complexity index is 785. The zero-order chi connectivity index (χ0) is 18.9. The first-order valence-electron chi connectivity index (χ1n) is 7.75. The van der Waals surface area contributed by atoms with Crippen LogP contribution in [0.5, 0.6) is 0 Å². The summed E-state index contributed by atoms with van der Waals surface area (Å²) < 4.78 is 53.4. The van der Waals surface area contributed by atoms with Crippen molar-refractivity contribution >= 4 is 33.5 Å². The molecule has 0 radical (unpaired) electrons. The Balaban J connectivity index is 1.65. The van der Waals surface area contributed by atoms with E-state index in [0.717, 1.165) is 17.0 Å². The third kappa shape index (κ3) is 4.44. The van der Waals surface area contributed by atoms with Gasteiger partial charge in [0.1, 0.15) is 5.82 Å². The molecule has 1 atom stereocenters. The summed E-state index contributed by atoms with van der Waals surface area (Å²) in [4.78, 5) is 10.4. The minimum absolute atomic E-state index is 0.0186. The summed E-state index contributed by atoms with van der Waals surface area (Å²) in [5.41, 5.74) is -1.07. The van der Waals surface area contributed by atoms with Gasteiger partial charge in [0.15, 0.2) is 0 Å². The summed E-state index contributed by atoms with van der Waals surface area (Å²) >= 11 is 8.87. The number of hydrogen-bond donors (Lipinski definition) is 1. The second kappa shape index (κ2) is 7.66. The Morgan fingerprint density at radius 2 is 1.96 bits per heavy atom. The van der Waals surface area contributed by atoms with Crippen LogP contribution >= 0.6 is 27.5 Å². The molecule has 0 amide bonds. The van der Waals surface area contributed by atoms with E-state index in [2.05, 4.69) is 31.2 Å². The number of aromatic nitrogens is 2. The van der Waals surface area contributed by atoms with Gasteiger partial charge >= 0.3 is 6.18 Å². The van der Waals surface area contributed by atoms with Crippen LogP contribution in [0.3, 0.4) is 0 Å². The van der Waals surface area contributed by atoms with Gasteiger partial charge in [-0.15, -0.1) is 0 Å². The third-order valence-electron chi connectivity index (χ3n) is 4.09.